The smallest absolute Gasteiger partial charge is 0.408 e. The Kier molecular flexibility index (Phi) is 5.62. The molecule has 1 aromatic carbocycles. The van der Waals surface area contributed by atoms with Gasteiger partial charge in [0.1, 0.15) is 17.1 Å². The molecule has 1 heterocycles. The molecule has 3 rings (SSSR count). The number of hydrogen-bond donors (Lipinski definition) is 2. The van der Waals surface area contributed by atoms with Gasteiger partial charge in [0.25, 0.3) is 5.56 Å². The van der Waals surface area contributed by atoms with Crippen LogP contribution in [0, 0.1) is 0 Å². The monoisotopic (exact) mass is 425 g/mol. The van der Waals surface area contributed by atoms with E-state index < -0.39 is 41.6 Å². The Morgan fingerprint density at radius 2 is 2.14 bits per heavy atom. The van der Waals surface area contributed by atoms with E-state index in [9.17, 15) is 19.1 Å². The molecular weight excluding hydrogens is 401 g/mol. The molecule has 1 saturated carbocycles. The van der Waals surface area contributed by atoms with Gasteiger partial charge in [0, 0.05) is 18.9 Å². The molecule has 1 fully saturated rings. The van der Waals surface area contributed by atoms with E-state index in [4.69, 9.17) is 16.3 Å². The van der Waals surface area contributed by atoms with E-state index in [1.54, 1.807) is 45.9 Å². The van der Waals surface area contributed by atoms with Crippen LogP contribution >= 0.6 is 11.6 Å². The average Bonchev–Trinajstić information content (AvgIpc) is 2.57. The van der Waals surface area contributed by atoms with Gasteiger partial charge in [-0.1, -0.05) is 17.7 Å². The van der Waals surface area contributed by atoms with E-state index in [2.05, 4.69) is 10.3 Å². The quantitative estimate of drug-likeness (QED) is 0.779. The number of hydrogen-bond acceptors (Lipinski definition) is 5. The molecule has 2 N–H and O–H groups in total. The summed E-state index contributed by atoms with van der Waals surface area (Å²) in [7, 11) is 0. The molecule has 29 heavy (non-hydrogen) atoms. The van der Waals surface area contributed by atoms with E-state index in [0.29, 0.717) is 5.52 Å². The minimum absolute atomic E-state index is 0.0206. The molecule has 1 amide bonds. The van der Waals surface area contributed by atoms with Crippen molar-refractivity contribution < 1.29 is 19.0 Å². The summed E-state index contributed by atoms with van der Waals surface area (Å²) in [5.41, 5.74) is -2.42. The van der Waals surface area contributed by atoms with E-state index in [0.717, 1.165) is 0 Å². The number of aliphatic hydroxyl groups excluding tert-OH is 1. The third-order valence-electron chi connectivity index (χ3n) is 4.88. The summed E-state index contributed by atoms with van der Waals surface area (Å²) in [4.78, 5) is 30.0. The Labute approximate surface area is 172 Å². The summed E-state index contributed by atoms with van der Waals surface area (Å²) in [6, 6.07) is 3.76. The SMILES string of the molecule is CC(NC(=O)OC(C)(C)C)c1nc2cccc(Cl)c2c(=O)n1C1CC(F)(CO)C1. The van der Waals surface area contributed by atoms with Crippen molar-refractivity contribution in [2.45, 2.75) is 63.9 Å². The first-order chi connectivity index (χ1) is 13.4. The number of ether oxygens (including phenoxy) is 1. The Balaban J connectivity index is 2.04. The number of alkyl carbamates (subject to hydrolysis) is 1. The molecule has 9 heteroatoms. The lowest BCUT2D eigenvalue weighted by molar-refractivity contribution is -0.0356. The average molecular weight is 426 g/mol. The zero-order valence-electron chi connectivity index (χ0n) is 16.8. The number of rotatable bonds is 4. The number of amides is 1. The number of carbonyl (C=O) groups excluding carboxylic acids is 1. The number of benzene rings is 1. The Hall–Kier alpha value is -2.19. The van der Waals surface area contributed by atoms with Crippen LogP contribution in [0.15, 0.2) is 23.0 Å². The third-order valence-corrected chi connectivity index (χ3v) is 5.19. The van der Waals surface area contributed by atoms with Crippen molar-refractivity contribution in [3.63, 3.8) is 0 Å². The second-order valence-electron chi connectivity index (χ2n) is 8.52. The van der Waals surface area contributed by atoms with Crippen LogP contribution in [0.4, 0.5) is 9.18 Å². The lowest BCUT2D eigenvalue weighted by Crippen LogP contribution is -2.48. The predicted molar refractivity (Wildman–Crippen MR) is 108 cm³/mol. The lowest BCUT2D eigenvalue weighted by Gasteiger charge is -2.42. The molecule has 158 valence electrons. The Bertz CT molecular complexity index is 996. The van der Waals surface area contributed by atoms with Gasteiger partial charge in [0.2, 0.25) is 0 Å². The van der Waals surface area contributed by atoms with Crippen LogP contribution in [0.2, 0.25) is 5.02 Å². The highest BCUT2D eigenvalue weighted by molar-refractivity contribution is 6.35. The maximum absolute atomic E-state index is 14.3. The summed E-state index contributed by atoms with van der Waals surface area (Å²) in [6.07, 6.45) is -0.693. The number of fused-ring (bicyclic) bond motifs is 1. The highest BCUT2D eigenvalue weighted by atomic mass is 35.5. The van der Waals surface area contributed by atoms with Gasteiger partial charge in [0.15, 0.2) is 0 Å². The summed E-state index contributed by atoms with van der Waals surface area (Å²) in [6.45, 7) is 6.29. The molecule has 1 aliphatic rings. The summed E-state index contributed by atoms with van der Waals surface area (Å²) < 4.78 is 21.0. The first-order valence-electron chi connectivity index (χ1n) is 9.44. The molecular formula is C20H25ClFN3O4. The molecule has 0 bridgehead atoms. The van der Waals surface area contributed by atoms with Crippen LogP contribution < -0.4 is 10.9 Å². The fourth-order valence-electron chi connectivity index (χ4n) is 3.52. The van der Waals surface area contributed by atoms with Crippen molar-refractivity contribution >= 4 is 28.6 Å². The normalized spacial score (nSPS) is 22.8. The number of aromatic nitrogens is 2. The number of nitrogens with one attached hydrogen (secondary N) is 1. The highest BCUT2D eigenvalue weighted by Gasteiger charge is 2.47. The van der Waals surface area contributed by atoms with E-state index in [-0.39, 0.29) is 29.1 Å². The molecule has 0 saturated heterocycles. The summed E-state index contributed by atoms with van der Waals surface area (Å²) in [5.74, 6) is 0.278. The first kappa shape index (κ1) is 21.5. The fraction of sp³-hybridized carbons (Fsp3) is 0.550. The number of aliphatic hydroxyl groups is 1. The van der Waals surface area contributed by atoms with Crippen molar-refractivity contribution in [1.29, 1.82) is 0 Å². The fourth-order valence-corrected chi connectivity index (χ4v) is 3.77. The van der Waals surface area contributed by atoms with E-state index in [1.165, 1.54) is 4.57 Å². The van der Waals surface area contributed by atoms with Crippen molar-refractivity contribution in [2.24, 2.45) is 0 Å². The van der Waals surface area contributed by atoms with E-state index in [1.807, 2.05) is 0 Å². The Morgan fingerprint density at radius 1 is 1.48 bits per heavy atom. The maximum atomic E-state index is 14.3. The van der Waals surface area contributed by atoms with Gasteiger partial charge in [0.05, 0.1) is 28.6 Å². The van der Waals surface area contributed by atoms with Gasteiger partial charge in [-0.2, -0.15) is 0 Å². The van der Waals surface area contributed by atoms with Gasteiger partial charge >= 0.3 is 6.09 Å². The van der Waals surface area contributed by atoms with Crippen molar-refractivity contribution in [1.82, 2.24) is 14.9 Å². The molecule has 1 atom stereocenters. The standard InChI is InChI=1S/C20H25ClFN3O4/c1-11(23-18(28)29-19(2,3)4)16-24-14-7-5-6-13(21)15(14)17(27)25(16)12-8-20(22,9-12)10-26/h5-7,11-12,26H,8-10H2,1-4H3,(H,23,28). The number of nitrogens with zero attached hydrogens (tertiary/aromatic N) is 2. The third kappa shape index (κ3) is 4.38. The minimum Gasteiger partial charge on any atom is -0.444 e. The second kappa shape index (κ2) is 7.57. The van der Waals surface area contributed by atoms with Gasteiger partial charge in [-0.3, -0.25) is 9.36 Å². The van der Waals surface area contributed by atoms with Crippen LogP contribution in [0.25, 0.3) is 10.9 Å². The number of alkyl halides is 1. The van der Waals surface area contributed by atoms with Crippen molar-refractivity contribution in [2.75, 3.05) is 6.61 Å². The molecule has 7 nitrogen and oxygen atoms in total. The summed E-state index contributed by atoms with van der Waals surface area (Å²) in [5, 5.41) is 12.4. The molecule has 0 spiro atoms. The second-order valence-corrected chi connectivity index (χ2v) is 8.93. The molecule has 2 aromatic rings. The summed E-state index contributed by atoms with van der Waals surface area (Å²) >= 11 is 6.22. The number of halogens is 2. The van der Waals surface area contributed by atoms with Crippen LogP contribution in [0.3, 0.4) is 0 Å². The van der Waals surface area contributed by atoms with Crippen LogP contribution in [0.5, 0.6) is 0 Å². The lowest BCUT2D eigenvalue weighted by atomic mass is 9.77. The predicted octanol–water partition coefficient (Wildman–Crippen LogP) is 3.67. The van der Waals surface area contributed by atoms with E-state index >= 15 is 0 Å². The molecule has 1 aromatic heterocycles. The zero-order valence-corrected chi connectivity index (χ0v) is 17.6. The topological polar surface area (TPSA) is 93.5 Å². The largest absolute Gasteiger partial charge is 0.444 e. The van der Waals surface area contributed by atoms with Gasteiger partial charge in [-0.25, -0.2) is 14.2 Å². The first-order valence-corrected chi connectivity index (χ1v) is 9.82. The van der Waals surface area contributed by atoms with Crippen LogP contribution in [0.1, 0.15) is 58.4 Å². The molecule has 1 aliphatic carbocycles. The Morgan fingerprint density at radius 3 is 2.72 bits per heavy atom. The van der Waals surface area contributed by atoms with Gasteiger partial charge in [-0.15, -0.1) is 0 Å². The van der Waals surface area contributed by atoms with Crippen LogP contribution in [-0.2, 0) is 4.74 Å². The van der Waals surface area contributed by atoms with Gasteiger partial charge < -0.3 is 15.2 Å². The number of carbonyl (C=O) groups is 1. The molecule has 0 aliphatic heterocycles. The minimum atomic E-state index is -1.72. The van der Waals surface area contributed by atoms with Crippen molar-refractivity contribution in [3.05, 3.63) is 39.4 Å². The molecule has 0 radical (unpaired) electrons. The zero-order chi connectivity index (χ0) is 21.6. The van der Waals surface area contributed by atoms with Gasteiger partial charge in [-0.05, 0) is 39.8 Å². The highest BCUT2D eigenvalue weighted by Crippen LogP contribution is 2.44. The molecule has 1 unspecified atom stereocenters. The maximum Gasteiger partial charge on any atom is 0.408 e. The van der Waals surface area contributed by atoms with Crippen LogP contribution in [-0.4, -0.2) is 38.6 Å². The van der Waals surface area contributed by atoms with Crippen molar-refractivity contribution in [3.8, 4) is 0 Å².